The molecule has 8 nitrogen and oxygen atoms in total. The van der Waals surface area contributed by atoms with E-state index < -0.39 is 17.6 Å². The minimum Gasteiger partial charge on any atom is -0.447 e. The van der Waals surface area contributed by atoms with E-state index in [0.29, 0.717) is 6.42 Å². The molecule has 164 valence electrons. The highest BCUT2D eigenvalue weighted by Crippen LogP contribution is 2.30. The van der Waals surface area contributed by atoms with Crippen molar-refractivity contribution in [2.24, 2.45) is 0 Å². The Balaban J connectivity index is 1.31. The van der Waals surface area contributed by atoms with Crippen LogP contribution in [0.25, 0.3) is 0 Å². The van der Waals surface area contributed by atoms with Gasteiger partial charge < -0.3 is 9.73 Å². The van der Waals surface area contributed by atoms with Gasteiger partial charge in [-0.3, -0.25) is 29.3 Å². The van der Waals surface area contributed by atoms with Crippen molar-refractivity contribution in [2.45, 2.75) is 25.3 Å². The molecule has 1 atom stereocenters. The monoisotopic (exact) mass is 442 g/mol. The molecule has 1 aromatic heterocycles. The number of carbonyl (C=O) groups is 5. The number of furan rings is 1. The molecule has 1 aliphatic heterocycles. The van der Waals surface area contributed by atoms with Crippen LogP contribution in [0, 0.1) is 0 Å². The molecule has 0 spiro atoms. The molecule has 2 heterocycles. The van der Waals surface area contributed by atoms with Gasteiger partial charge in [-0.1, -0.05) is 48.5 Å². The van der Waals surface area contributed by atoms with Crippen LogP contribution in [0.3, 0.4) is 0 Å². The molecule has 1 unspecified atom stereocenters. The van der Waals surface area contributed by atoms with E-state index >= 15 is 0 Å². The van der Waals surface area contributed by atoms with Crippen molar-refractivity contribution in [2.75, 3.05) is 0 Å². The fourth-order valence-corrected chi connectivity index (χ4v) is 4.19. The van der Waals surface area contributed by atoms with Crippen LogP contribution in [0.5, 0.6) is 0 Å². The summed E-state index contributed by atoms with van der Waals surface area (Å²) >= 11 is 0. The van der Waals surface area contributed by atoms with Crippen LogP contribution < -0.4 is 10.6 Å². The van der Waals surface area contributed by atoms with Gasteiger partial charge in [-0.05, 0) is 17.5 Å². The van der Waals surface area contributed by atoms with Gasteiger partial charge in [-0.25, -0.2) is 0 Å². The molecule has 3 amide bonds. The summed E-state index contributed by atoms with van der Waals surface area (Å²) in [5.41, 5.74) is 2.12. The average Bonchev–Trinajstić information content (AvgIpc) is 3.27. The lowest BCUT2D eigenvalue weighted by atomic mass is 9.88. The molecule has 1 fully saturated rings. The Morgan fingerprint density at radius 2 is 1.70 bits per heavy atom. The number of benzene rings is 2. The van der Waals surface area contributed by atoms with Crippen LogP contribution in [0.15, 0.2) is 59.0 Å². The first-order valence-electron chi connectivity index (χ1n) is 10.5. The van der Waals surface area contributed by atoms with Crippen molar-refractivity contribution in [3.05, 3.63) is 93.9 Å². The summed E-state index contributed by atoms with van der Waals surface area (Å²) in [6.45, 7) is 0.146. The molecule has 5 rings (SSSR count). The van der Waals surface area contributed by atoms with Crippen LogP contribution in [-0.2, 0) is 16.1 Å². The maximum atomic E-state index is 12.7. The van der Waals surface area contributed by atoms with Gasteiger partial charge >= 0.3 is 0 Å². The molecule has 2 N–H and O–H groups in total. The second-order valence-corrected chi connectivity index (χ2v) is 7.99. The Kier molecular flexibility index (Phi) is 4.97. The number of hydrogen-bond donors (Lipinski definition) is 2. The molecule has 3 aromatic rings. The van der Waals surface area contributed by atoms with Crippen molar-refractivity contribution in [3.8, 4) is 0 Å². The lowest BCUT2D eigenvalue weighted by Crippen LogP contribution is -2.39. The number of nitrogens with one attached hydrogen (secondary N) is 2. The van der Waals surface area contributed by atoms with E-state index in [9.17, 15) is 24.0 Å². The molecule has 0 bridgehead atoms. The third kappa shape index (κ3) is 3.65. The fraction of sp³-hybridized carbons (Fsp3) is 0.160. The molecular weight excluding hydrogens is 424 g/mol. The summed E-state index contributed by atoms with van der Waals surface area (Å²) in [7, 11) is 0. The van der Waals surface area contributed by atoms with E-state index in [0.717, 1.165) is 11.1 Å². The van der Waals surface area contributed by atoms with E-state index in [4.69, 9.17) is 4.42 Å². The summed E-state index contributed by atoms with van der Waals surface area (Å²) < 4.78 is 5.47. The van der Waals surface area contributed by atoms with Gasteiger partial charge in [0.15, 0.2) is 17.3 Å². The summed E-state index contributed by atoms with van der Waals surface area (Å²) in [5, 5.41) is 5.06. The molecule has 33 heavy (non-hydrogen) atoms. The van der Waals surface area contributed by atoms with Crippen LogP contribution in [-0.4, -0.2) is 29.3 Å². The molecular formula is C25H18N2O6. The summed E-state index contributed by atoms with van der Waals surface area (Å²) in [5.74, 6) is -2.66. The third-order valence-corrected chi connectivity index (χ3v) is 5.87. The molecule has 1 aliphatic carbocycles. The number of carbonyl (C=O) groups excluding carboxylic acids is 5. The van der Waals surface area contributed by atoms with Gasteiger partial charge in [0, 0.05) is 30.2 Å². The summed E-state index contributed by atoms with van der Waals surface area (Å²) in [6.07, 6.45) is 0.713. The predicted octanol–water partition coefficient (Wildman–Crippen LogP) is 2.51. The first kappa shape index (κ1) is 20.6. The zero-order valence-electron chi connectivity index (χ0n) is 17.3. The van der Waals surface area contributed by atoms with E-state index in [1.165, 1.54) is 6.07 Å². The van der Waals surface area contributed by atoms with Crippen LogP contribution in [0.1, 0.15) is 72.5 Å². The summed E-state index contributed by atoms with van der Waals surface area (Å²) in [6, 6.07) is 14.9. The Bertz CT molecular complexity index is 1300. The van der Waals surface area contributed by atoms with Crippen molar-refractivity contribution in [1.82, 2.24) is 10.6 Å². The lowest BCUT2D eigenvalue weighted by Gasteiger charge is -2.21. The minimum absolute atomic E-state index is 0.0729. The minimum atomic E-state index is -0.569. The number of piperidine rings is 1. The highest BCUT2D eigenvalue weighted by atomic mass is 16.4. The van der Waals surface area contributed by atoms with Crippen LogP contribution >= 0.6 is 0 Å². The Labute approximate surface area is 188 Å². The normalized spacial score (nSPS) is 17.3. The maximum Gasteiger partial charge on any atom is 0.287 e. The number of hydrogen-bond acceptors (Lipinski definition) is 6. The standard InChI is InChI=1S/C25H18N2O6/c28-20-9-8-15(24(31)27-20)14-5-3-4-13(10-14)12-26-25(32)19-11-18-21(29)16-6-1-2-7-17(16)22(30)23(18)33-19/h1-7,10-11,15H,8-9,12H2,(H,26,32)(H,27,28,31). The topological polar surface area (TPSA) is 123 Å². The van der Waals surface area contributed by atoms with Crippen molar-refractivity contribution in [1.29, 1.82) is 0 Å². The molecule has 8 heteroatoms. The maximum absolute atomic E-state index is 12.7. The van der Waals surface area contributed by atoms with Crippen LogP contribution in [0.2, 0.25) is 0 Å². The van der Waals surface area contributed by atoms with E-state index in [2.05, 4.69) is 10.6 Å². The van der Waals surface area contributed by atoms with Gasteiger partial charge in [0.25, 0.3) is 5.91 Å². The quantitative estimate of drug-likeness (QED) is 0.468. The second kappa shape index (κ2) is 7.98. The van der Waals surface area contributed by atoms with Crippen LogP contribution in [0.4, 0.5) is 0 Å². The first-order valence-corrected chi connectivity index (χ1v) is 10.5. The summed E-state index contributed by atoms with van der Waals surface area (Å²) in [4.78, 5) is 61.6. The number of amides is 3. The zero-order chi connectivity index (χ0) is 23.1. The molecule has 0 radical (unpaired) electrons. The van der Waals surface area contributed by atoms with Crippen molar-refractivity contribution >= 4 is 29.3 Å². The number of rotatable bonds is 4. The number of imide groups is 1. The molecule has 1 saturated heterocycles. The Morgan fingerprint density at radius 3 is 2.45 bits per heavy atom. The lowest BCUT2D eigenvalue weighted by molar-refractivity contribution is -0.134. The SMILES string of the molecule is O=C1CCC(c2cccc(CNC(=O)c3cc4c(o3)C(=O)c3ccccc3C4=O)c2)C(=O)N1. The first-order chi connectivity index (χ1) is 15.9. The molecule has 0 saturated carbocycles. The van der Waals surface area contributed by atoms with Gasteiger partial charge in [-0.15, -0.1) is 0 Å². The van der Waals surface area contributed by atoms with E-state index in [1.807, 2.05) is 0 Å². The van der Waals surface area contributed by atoms with Gasteiger partial charge in [0.2, 0.25) is 17.6 Å². The zero-order valence-corrected chi connectivity index (χ0v) is 17.3. The largest absolute Gasteiger partial charge is 0.447 e. The number of fused-ring (bicyclic) bond motifs is 2. The fourth-order valence-electron chi connectivity index (χ4n) is 4.19. The third-order valence-electron chi connectivity index (χ3n) is 5.87. The van der Waals surface area contributed by atoms with Crippen molar-refractivity contribution in [3.63, 3.8) is 0 Å². The van der Waals surface area contributed by atoms with Crippen molar-refractivity contribution < 1.29 is 28.4 Å². The van der Waals surface area contributed by atoms with Gasteiger partial charge in [0.1, 0.15) is 0 Å². The number of ketones is 2. The highest BCUT2D eigenvalue weighted by molar-refractivity contribution is 6.27. The van der Waals surface area contributed by atoms with E-state index in [-0.39, 0.29) is 58.8 Å². The molecule has 2 aliphatic rings. The van der Waals surface area contributed by atoms with Gasteiger partial charge in [-0.2, -0.15) is 0 Å². The smallest absolute Gasteiger partial charge is 0.287 e. The molecule has 2 aromatic carbocycles. The van der Waals surface area contributed by atoms with E-state index in [1.54, 1.807) is 48.5 Å². The second-order valence-electron chi connectivity index (χ2n) is 7.99. The predicted molar refractivity (Wildman–Crippen MR) is 115 cm³/mol. The highest BCUT2D eigenvalue weighted by Gasteiger charge is 2.34. The Hall–Kier alpha value is -4.33. The average molecular weight is 442 g/mol. The van der Waals surface area contributed by atoms with Gasteiger partial charge in [0.05, 0.1) is 11.5 Å². The Morgan fingerprint density at radius 1 is 0.939 bits per heavy atom.